The minimum Gasteiger partial charge on any atom is -0.388 e. The van der Waals surface area contributed by atoms with Crippen molar-refractivity contribution in [2.75, 3.05) is 5.75 Å². The van der Waals surface area contributed by atoms with Gasteiger partial charge in [-0.25, -0.2) is 0 Å². The van der Waals surface area contributed by atoms with Crippen LogP contribution < -0.4 is 0 Å². The summed E-state index contributed by atoms with van der Waals surface area (Å²) in [4.78, 5) is 0. The molecule has 6 heteroatoms. The van der Waals surface area contributed by atoms with Crippen molar-refractivity contribution in [3.05, 3.63) is 5.82 Å². The maximum atomic E-state index is 9.25. The lowest BCUT2D eigenvalue weighted by molar-refractivity contribution is 0.263. The van der Waals surface area contributed by atoms with Gasteiger partial charge in [0.1, 0.15) is 6.61 Å². The predicted molar refractivity (Wildman–Crippen MR) is 73.6 cm³/mol. The second-order valence-electron chi connectivity index (χ2n) is 5.61. The van der Waals surface area contributed by atoms with Crippen molar-refractivity contribution in [3.63, 3.8) is 0 Å². The van der Waals surface area contributed by atoms with E-state index in [9.17, 15) is 5.11 Å². The highest BCUT2D eigenvalue weighted by Gasteiger charge is 2.29. The SMILES string of the molecule is CC(C)(C#N)CCCSc1nnc(CO)n1C1CC1. The van der Waals surface area contributed by atoms with Gasteiger partial charge in [0.15, 0.2) is 11.0 Å². The van der Waals surface area contributed by atoms with Gasteiger partial charge in [-0.3, -0.25) is 0 Å². The first-order valence-electron chi connectivity index (χ1n) is 6.66. The maximum Gasteiger partial charge on any atom is 0.191 e. The van der Waals surface area contributed by atoms with Crippen molar-refractivity contribution in [2.45, 2.75) is 57.3 Å². The molecule has 104 valence electrons. The smallest absolute Gasteiger partial charge is 0.191 e. The number of hydrogen-bond acceptors (Lipinski definition) is 5. The molecular formula is C13H20N4OS. The van der Waals surface area contributed by atoms with Crippen LogP contribution in [0.3, 0.4) is 0 Å². The summed E-state index contributed by atoms with van der Waals surface area (Å²) in [7, 11) is 0. The zero-order chi connectivity index (χ0) is 13.9. The quantitative estimate of drug-likeness (QED) is 0.613. The van der Waals surface area contributed by atoms with Crippen LogP contribution in [0.5, 0.6) is 0 Å². The number of nitrogens with zero attached hydrogens (tertiary/aromatic N) is 4. The Morgan fingerprint density at radius 1 is 1.47 bits per heavy atom. The molecule has 1 aliphatic rings. The molecule has 1 N–H and O–H groups in total. The second kappa shape index (κ2) is 5.93. The van der Waals surface area contributed by atoms with E-state index in [0.717, 1.165) is 36.6 Å². The number of aromatic nitrogens is 3. The lowest BCUT2D eigenvalue weighted by Crippen LogP contribution is -2.08. The molecule has 0 unspecified atom stereocenters. The number of hydrogen-bond donors (Lipinski definition) is 1. The standard InChI is InChI=1S/C13H20N4OS/c1-13(2,9-14)6-3-7-19-12-16-15-11(8-18)17(12)10-4-5-10/h10,18H,3-8H2,1-2H3. The summed E-state index contributed by atoms with van der Waals surface area (Å²) in [5.74, 6) is 1.60. The van der Waals surface area contributed by atoms with E-state index >= 15 is 0 Å². The summed E-state index contributed by atoms with van der Waals surface area (Å²) in [5.41, 5.74) is -0.249. The first kappa shape index (κ1) is 14.4. The Labute approximate surface area is 118 Å². The second-order valence-corrected chi connectivity index (χ2v) is 6.67. The number of aliphatic hydroxyl groups excluding tert-OH is 1. The molecule has 1 fully saturated rings. The van der Waals surface area contributed by atoms with E-state index < -0.39 is 0 Å². The molecular weight excluding hydrogens is 260 g/mol. The van der Waals surface area contributed by atoms with Gasteiger partial charge in [-0.05, 0) is 39.5 Å². The van der Waals surface area contributed by atoms with Gasteiger partial charge in [0.2, 0.25) is 0 Å². The fraction of sp³-hybridized carbons (Fsp3) is 0.769. The third kappa shape index (κ3) is 3.71. The van der Waals surface area contributed by atoms with Gasteiger partial charge in [0.25, 0.3) is 0 Å². The highest BCUT2D eigenvalue weighted by atomic mass is 32.2. The fourth-order valence-corrected chi connectivity index (χ4v) is 2.91. The Morgan fingerprint density at radius 3 is 2.79 bits per heavy atom. The average Bonchev–Trinajstić information content (AvgIpc) is 3.15. The maximum absolute atomic E-state index is 9.25. The van der Waals surface area contributed by atoms with Crippen molar-refractivity contribution in [2.24, 2.45) is 5.41 Å². The molecule has 0 atom stereocenters. The highest BCUT2D eigenvalue weighted by Crippen LogP contribution is 2.39. The monoisotopic (exact) mass is 280 g/mol. The minimum absolute atomic E-state index is 0.0501. The molecule has 0 bridgehead atoms. The Bertz CT molecular complexity index is 473. The molecule has 2 rings (SSSR count). The minimum atomic E-state index is -0.249. The van der Waals surface area contributed by atoms with Gasteiger partial charge >= 0.3 is 0 Å². The summed E-state index contributed by atoms with van der Waals surface area (Å²) in [6.07, 6.45) is 4.18. The normalized spacial score (nSPS) is 15.5. The molecule has 0 saturated heterocycles. The van der Waals surface area contributed by atoms with Crippen LogP contribution in [-0.2, 0) is 6.61 Å². The summed E-state index contributed by atoms with van der Waals surface area (Å²) in [5, 5.41) is 27.3. The van der Waals surface area contributed by atoms with Gasteiger partial charge < -0.3 is 9.67 Å². The van der Waals surface area contributed by atoms with E-state index in [2.05, 4.69) is 20.8 Å². The van der Waals surface area contributed by atoms with Crippen molar-refractivity contribution in [3.8, 4) is 6.07 Å². The molecule has 0 aliphatic heterocycles. The van der Waals surface area contributed by atoms with Crippen LogP contribution in [0, 0.1) is 16.7 Å². The first-order valence-corrected chi connectivity index (χ1v) is 7.64. The largest absolute Gasteiger partial charge is 0.388 e. The molecule has 1 saturated carbocycles. The zero-order valence-electron chi connectivity index (χ0n) is 11.5. The third-order valence-corrected chi connectivity index (χ3v) is 4.30. The van der Waals surface area contributed by atoms with E-state index in [4.69, 9.17) is 5.26 Å². The topological polar surface area (TPSA) is 74.7 Å². The number of rotatable bonds is 7. The van der Waals surface area contributed by atoms with Gasteiger partial charge in [0, 0.05) is 11.8 Å². The Morgan fingerprint density at radius 2 is 2.21 bits per heavy atom. The van der Waals surface area contributed by atoms with E-state index in [-0.39, 0.29) is 12.0 Å². The molecule has 0 radical (unpaired) electrons. The van der Waals surface area contributed by atoms with Crippen LogP contribution in [0.2, 0.25) is 0 Å². The lowest BCUT2D eigenvalue weighted by atomic mass is 9.90. The molecule has 0 amide bonds. The first-order chi connectivity index (χ1) is 9.07. The highest BCUT2D eigenvalue weighted by molar-refractivity contribution is 7.99. The van der Waals surface area contributed by atoms with Crippen molar-refractivity contribution >= 4 is 11.8 Å². The lowest BCUT2D eigenvalue weighted by Gasteiger charge is -2.14. The molecule has 1 aliphatic carbocycles. The van der Waals surface area contributed by atoms with E-state index in [1.54, 1.807) is 11.8 Å². The molecule has 1 heterocycles. The molecule has 0 spiro atoms. The van der Waals surface area contributed by atoms with Crippen molar-refractivity contribution in [1.29, 1.82) is 5.26 Å². The Balaban J connectivity index is 1.87. The predicted octanol–water partition coefficient (Wildman–Crippen LogP) is 2.53. The average molecular weight is 280 g/mol. The van der Waals surface area contributed by atoms with E-state index in [1.165, 1.54) is 0 Å². The summed E-state index contributed by atoms with van der Waals surface area (Å²) in [6.45, 7) is 3.88. The number of nitriles is 1. The van der Waals surface area contributed by atoms with Crippen LogP contribution in [0.1, 0.15) is 51.4 Å². The van der Waals surface area contributed by atoms with Gasteiger partial charge in [-0.1, -0.05) is 11.8 Å². The number of aliphatic hydroxyl groups is 1. The van der Waals surface area contributed by atoms with E-state index in [1.807, 2.05) is 13.8 Å². The van der Waals surface area contributed by atoms with Crippen LogP contribution in [0.25, 0.3) is 0 Å². The Hall–Kier alpha value is -1.06. The third-order valence-electron chi connectivity index (χ3n) is 3.27. The van der Waals surface area contributed by atoms with Crippen LogP contribution in [-0.4, -0.2) is 25.6 Å². The van der Waals surface area contributed by atoms with Crippen LogP contribution in [0.15, 0.2) is 5.16 Å². The molecule has 19 heavy (non-hydrogen) atoms. The van der Waals surface area contributed by atoms with Gasteiger partial charge in [-0.15, -0.1) is 10.2 Å². The van der Waals surface area contributed by atoms with Crippen LogP contribution in [0.4, 0.5) is 0 Å². The van der Waals surface area contributed by atoms with E-state index in [0.29, 0.717) is 11.9 Å². The summed E-state index contributed by atoms with van der Waals surface area (Å²) < 4.78 is 2.07. The van der Waals surface area contributed by atoms with Crippen molar-refractivity contribution in [1.82, 2.24) is 14.8 Å². The summed E-state index contributed by atoms with van der Waals surface area (Å²) in [6, 6.07) is 2.80. The van der Waals surface area contributed by atoms with Gasteiger partial charge in [0.05, 0.1) is 11.5 Å². The van der Waals surface area contributed by atoms with Crippen LogP contribution >= 0.6 is 11.8 Å². The summed E-state index contributed by atoms with van der Waals surface area (Å²) >= 11 is 1.67. The zero-order valence-corrected chi connectivity index (χ0v) is 12.3. The molecule has 5 nitrogen and oxygen atoms in total. The fourth-order valence-electron chi connectivity index (χ4n) is 1.95. The molecule has 1 aromatic rings. The number of thioether (sulfide) groups is 1. The Kier molecular flexibility index (Phi) is 4.48. The van der Waals surface area contributed by atoms with Gasteiger partial charge in [-0.2, -0.15) is 5.26 Å². The molecule has 0 aromatic carbocycles. The molecule has 1 aromatic heterocycles. The van der Waals surface area contributed by atoms with Crippen molar-refractivity contribution < 1.29 is 5.11 Å².